The Balaban J connectivity index is 2.18. The van der Waals surface area contributed by atoms with Gasteiger partial charge in [0.05, 0.1) is 14.2 Å². The minimum atomic E-state index is -0.521. The van der Waals surface area contributed by atoms with E-state index in [1.54, 1.807) is 12.1 Å². The third-order valence-electron chi connectivity index (χ3n) is 3.81. The molecular weight excluding hydrogens is 334 g/mol. The molecule has 0 spiro atoms. The number of carbonyl (C=O) groups excluding carboxylic acids is 2. The highest BCUT2D eigenvalue weighted by molar-refractivity contribution is 6.04. The fourth-order valence-electron chi connectivity index (χ4n) is 2.31. The molecule has 2 aromatic rings. The van der Waals surface area contributed by atoms with Crippen LogP contribution < -0.4 is 14.8 Å². The lowest BCUT2D eigenvalue weighted by Crippen LogP contribution is -2.15. The van der Waals surface area contributed by atoms with Gasteiger partial charge in [-0.15, -0.1) is 0 Å². The van der Waals surface area contributed by atoms with Crippen molar-refractivity contribution in [3.63, 3.8) is 0 Å². The van der Waals surface area contributed by atoms with Crippen LogP contribution in [0.5, 0.6) is 11.5 Å². The Morgan fingerprint density at radius 1 is 1.04 bits per heavy atom. The number of carbonyl (C=O) groups is 2. The van der Waals surface area contributed by atoms with E-state index in [9.17, 15) is 9.59 Å². The molecule has 1 N–H and O–H groups in total. The van der Waals surface area contributed by atoms with Crippen LogP contribution in [0.15, 0.2) is 42.5 Å². The summed E-state index contributed by atoms with van der Waals surface area (Å²) in [6.07, 6.45) is 0. The molecule has 0 radical (unpaired) electrons. The summed E-state index contributed by atoms with van der Waals surface area (Å²) in [5.74, 6) is 0.281. The van der Waals surface area contributed by atoms with Crippen molar-refractivity contribution in [1.29, 1.82) is 0 Å². The first kappa shape index (κ1) is 19.3. The summed E-state index contributed by atoms with van der Waals surface area (Å²) in [6.45, 7) is 3.92. The highest BCUT2D eigenvalue weighted by atomic mass is 16.6. The van der Waals surface area contributed by atoms with Crippen molar-refractivity contribution < 1.29 is 23.8 Å². The third kappa shape index (κ3) is 4.99. The molecule has 0 saturated carbocycles. The number of esters is 1. The molecule has 0 atom stereocenters. The Kier molecular flexibility index (Phi) is 6.60. The van der Waals surface area contributed by atoms with Gasteiger partial charge in [-0.3, -0.25) is 4.79 Å². The van der Waals surface area contributed by atoms with Crippen LogP contribution in [0.1, 0.15) is 35.7 Å². The lowest BCUT2D eigenvalue weighted by Gasteiger charge is -2.12. The summed E-state index contributed by atoms with van der Waals surface area (Å²) in [5, 5.41) is 2.87. The van der Waals surface area contributed by atoms with Crippen LogP contribution in [0.25, 0.3) is 0 Å². The van der Waals surface area contributed by atoms with Crippen LogP contribution in [0, 0.1) is 0 Å². The van der Waals surface area contributed by atoms with Crippen molar-refractivity contribution in [2.75, 3.05) is 26.1 Å². The van der Waals surface area contributed by atoms with Crippen molar-refractivity contribution in [3.8, 4) is 11.5 Å². The van der Waals surface area contributed by atoms with Gasteiger partial charge in [0.2, 0.25) is 0 Å². The van der Waals surface area contributed by atoms with Crippen LogP contribution >= 0.6 is 0 Å². The van der Waals surface area contributed by atoms with E-state index < -0.39 is 5.97 Å². The minimum absolute atomic E-state index is 0.269. The van der Waals surface area contributed by atoms with Gasteiger partial charge in [0.25, 0.3) is 5.91 Å². The highest BCUT2D eigenvalue weighted by Crippen LogP contribution is 2.28. The summed E-state index contributed by atoms with van der Waals surface area (Å²) in [5.41, 5.74) is 2.24. The number of methoxy groups -OCH3 is 2. The first-order chi connectivity index (χ1) is 12.4. The summed E-state index contributed by atoms with van der Waals surface area (Å²) in [7, 11) is 2.76. The van der Waals surface area contributed by atoms with Gasteiger partial charge in [0.15, 0.2) is 18.1 Å². The SMILES string of the molecule is COC(=O)COc1cc(C(=O)Nc2cccc(C(C)C)c2)ccc1OC. The lowest BCUT2D eigenvalue weighted by atomic mass is 10.0. The van der Waals surface area contributed by atoms with Gasteiger partial charge in [0, 0.05) is 11.3 Å². The van der Waals surface area contributed by atoms with Gasteiger partial charge < -0.3 is 19.5 Å². The average Bonchev–Trinajstić information content (AvgIpc) is 2.65. The molecule has 0 bridgehead atoms. The molecule has 2 rings (SSSR count). The molecular formula is C20H23NO5. The van der Waals surface area contributed by atoms with E-state index in [1.807, 2.05) is 24.3 Å². The Hall–Kier alpha value is -3.02. The van der Waals surface area contributed by atoms with Gasteiger partial charge in [-0.05, 0) is 41.8 Å². The minimum Gasteiger partial charge on any atom is -0.493 e. The summed E-state index contributed by atoms with van der Waals surface area (Å²) >= 11 is 0. The van der Waals surface area contributed by atoms with Crippen LogP contribution in [-0.2, 0) is 9.53 Å². The predicted octanol–water partition coefficient (Wildman–Crippen LogP) is 3.62. The Morgan fingerprint density at radius 2 is 1.81 bits per heavy atom. The van der Waals surface area contributed by atoms with Crippen molar-refractivity contribution in [2.45, 2.75) is 19.8 Å². The number of hydrogen-bond donors (Lipinski definition) is 1. The maximum Gasteiger partial charge on any atom is 0.343 e. The van der Waals surface area contributed by atoms with Gasteiger partial charge in [-0.2, -0.15) is 0 Å². The molecule has 6 nitrogen and oxygen atoms in total. The van der Waals surface area contributed by atoms with Crippen LogP contribution in [0.3, 0.4) is 0 Å². The molecule has 26 heavy (non-hydrogen) atoms. The van der Waals surface area contributed by atoms with Gasteiger partial charge >= 0.3 is 5.97 Å². The van der Waals surface area contributed by atoms with Gasteiger partial charge in [-0.25, -0.2) is 4.79 Å². The number of anilines is 1. The van der Waals surface area contributed by atoms with E-state index in [2.05, 4.69) is 23.9 Å². The Bertz CT molecular complexity index is 786. The second kappa shape index (κ2) is 8.89. The zero-order valence-electron chi connectivity index (χ0n) is 15.4. The van der Waals surface area contributed by atoms with Crippen molar-refractivity contribution in [3.05, 3.63) is 53.6 Å². The number of nitrogens with one attached hydrogen (secondary N) is 1. The molecule has 0 aliphatic rings. The number of benzene rings is 2. The van der Waals surface area contributed by atoms with Gasteiger partial charge in [-0.1, -0.05) is 26.0 Å². The monoisotopic (exact) mass is 357 g/mol. The number of hydrogen-bond acceptors (Lipinski definition) is 5. The molecule has 0 fully saturated rings. The quantitative estimate of drug-likeness (QED) is 0.766. The maximum atomic E-state index is 12.5. The first-order valence-electron chi connectivity index (χ1n) is 8.23. The predicted molar refractivity (Wildman–Crippen MR) is 99.0 cm³/mol. The zero-order chi connectivity index (χ0) is 19.1. The fraction of sp³-hybridized carbons (Fsp3) is 0.300. The highest BCUT2D eigenvalue weighted by Gasteiger charge is 2.13. The topological polar surface area (TPSA) is 73.9 Å². The van der Waals surface area contributed by atoms with E-state index in [-0.39, 0.29) is 12.5 Å². The number of amides is 1. The molecule has 138 valence electrons. The summed E-state index contributed by atoms with van der Waals surface area (Å²) in [6, 6.07) is 12.5. The first-order valence-corrected chi connectivity index (χ1v) is 8.23. The van der Waals surface area contributed by atoms with E-state index in [4.69, 9.17) is 9.47 Å². The normalized spacial score (nSPS) is 10.3. The smallest absolute Gasteiger partial charge is 0.343 e. The fourth-order valence-corrected chi connectivity index (χ4v) is 2.31. The third-order valence-corrected chi connectivity index (χ3v) is 3.81. The second-order valence-corrected chi connectivity index (χ2v) is 5.96. The van der Waals surface area contributed by atoms with Crippen LogP contribution in [0.4, 0.5) is 5.69 Å². The standard InChI is InChI=1S/C20H23NO5/c1-13(2)14-6-5-7-16(10-14)21-20(23)15-8-9-17(24-3)18(11-15)26-12-19(22)25-4/h5-11,13H,12H2,1-4H3,(H,21,23). The van der Waals surface area contributed by atoms with Crippen molar-refractivity contribution >= 4 is 17.6 Å². The van der Waals surface area contributed by atoms with Gasteiger partial charge in [0.1, 0.15) is 0 Å². The molecule has 0 aliphatic heterocycles. The van der Waals surface area contributed by atoms with E-state index >= 15 is 0 Å². The van der Waals surface area contributed by atoms with Crippen molar-refractivity contribution in [2.24, 2.45) is 0 Å². The summed E-state index contributed by atoms with van der Waals surface area (Å²) in [4.78, 5) is 23.8. The molecule has 0 heterocycles. The largest absolute Gasteiger partial charge is 0.493 e. The number of ether oxygens (including phenoxy) is 3. The van der Waals surface area contributed by atoms with E-state index in [0.717, 1.165) is 5.56 Å². The molecule has 1 amide bonds. The van der Waals surface area contributed by atoms with Crippen LogP contribution in [-0.4, -0.2) is 32.7 Å². The maximum absolute atomic E-state index is 12.5. The lowest BCUT2D eigenvalue weighted by molar-refractivity contribution is -0.142. The molecule has 2 aromatic carbocycles. The van der Waals surface area contributed by atoms with E-state index in [1.165, 1.54) is 20.3 Å². The van der Waals surface area contributed by atoms with E-state index in [0.29, 0.717) is 28.7 Å². The second-order valence-electron chi connectivity index (χ2n) is 5.96. The Labute approximate surface area is 153 Å². The molecule has 0 aliphatic carbocycles. The molecule has 6 heteroatoms. The van der Waals surface area contributed by atoms with Crippen molar-refractivity contribution in [1.82, 2.24) is 0 Å². The molecule has 0 unspecified atom stereocenters. The number of rotatable bonds is 7. The average molecular weight is 357 g/mol. The summed E-state index contributed by atoms with van der Waals surface area (Å²) < 4.78 is 15.1. The Morgan fingerprint density at radius 3 is 2.46 bits per heavy atom. The molecule has 0 aromatic heterocycles. The molecule has 0 saturated heterocycles. The van der Waals surface area contributed by atoms with Crippen LogP contribution in [0.2, 0.25) is 0 Å². The zero-order valence-corrected chi connectivity index (χ0v) is 15.4.